The highest BCUT2D eigenvalue weighted by Gasteiger charge is 2.19. The van der Waals surface area contributed by atoms with E-state index < -0.39 is 0 Å². The van der Waals surface area contributed by atoms with Gasteiger partial charge in [0, 0.05) is 14.3 Å². The van der Waals surface area contributed by atoms with Crippen molar-refractivity contribution in [3.63, 3.8) is 0 Å². The summed E-state index contributed by atoms with van der Waals surface area (Å²) in [6.07, 6.45) is 0. The van der Waals surface area contributed by atoms with Crippen LogP contribution >= 0.6 is 8.58 Å². The first-order valence-corrected chi connectivity index (χ1v) is 10.1. The summed E-state index contributed by atoms with van der Waals surface area (Å²) in [5.41, 5.74) is 4.93. The molecule has 0 spiro atoms. The number of carbonyl (C=O) groups excluding carboxylic acids is 1. The highest BCUT2D eigenvalue weighted by molar-refractivity contribution is 7.65. The van der Waals surface area contributed by atoms with Crippen LogP contribution in [0.4, 0.5) is 10.5 Å². The van der Waals surface area contributed by atoms with Gasteiger partial charge in [-0.25, -0.2) is 0 Å². The minimum Gasteiger partial charge on any atom is -0.322 e. The van der Waals surface area contributed by atoms with Gasteiger partial charge in [0.15, 0.2) is 0 Å². The molecule has 0 saturated carbocycles. The predicted molar refractivity (Wildman–Crippen MR) is 112 cm³/mol. The van der Waals surface area contributed by atoms with E-state index in [0.717, 1.165) is 5.69 Å². The Morgan fingerprint density at radius 1 is 0.840 bits per heavy atom. The quantitative estimate of drug-likeness (QED) is 0.582. The van der Waals surface area contributed by atoms with E-state index >= 15 is 0 Å². The molecule has 0 aromatic heterocycles. The number of hydrogen-bond donors (Lipinski definition) is 1. The first-order chi connectivity index (χ1) is 11.8. The topological polar surface area (TPSA) is 29.1 Å². The van der Waals surface area contributed by atoms with Gasteiger partial charge in [-0.15, -0.1) is 0 Å². The van der Waals surface area contributed by atoms with Crippen LogP contribution in [0.2, 0.25) is 0 Å². The molecular formula is C22H30NOP. The minimum absolute atomic E-state index is 0.0762. The summed E-state index contributed by atoms with van der Waals surface area (Å²) >= 11 is 0. The average Bonchev–Trinajstić information content (AvgIpc) is 2.54. The van der Waals surface area contributed by atoms with E-state index in [1.54, 1.807) is 0 Å². The van der Waals surface area contributed by atoms with Gasteiger partial charge >= 0.3 is 0 Å². The molecule has 134 valence electrons. The fourth-order valence-corrected chi connectivity index (χ4v) is 4.34. The number of carbonyl (C=O) groups is 1. The largest absolute Gasteiger partial charge is 0.322 e. The third-order valence-corrected chi connectivity index (χ3v) is 5.58. The number of para-hydroxylation sites is 1. The molecule has 1 amide bonds. The lowest BCUT2D eigenvalue weighted by atomic mass is 9.89. The maximum atomic E-state index is 12.7. The van der Waals surface area contributed by atoms with Gasteiger partial charge in [-0.05, 0) is 51.9 Å². The van der Waals surface area contributed by atoms with E-state index in [1.807, 2.05) is 30.3 Å². The van der Waals surface area contributed by atoms with Crippen LogP contribution < -0.4 is 10.6 Å². The Bertz CT molecular complexity index is 691. The van der Waals surface area contributed by atoms with E-state index in [0.29, 0.717) is 17.8 Å². The second-order valence-corrected chi connectivity index (χ2v) is 8.69. The molecule has 3 heteroatoms. The number of rotatable bonds is 6. The normalized spacial score (nSPS) is 11.9. The SMILES string of the molecule is CC(C)c1cc(C(C)C)c(PC(=O)Nc2ccccc2)c(C(C)C)c1. The van der Waals surface area contributed by atoms with Crippen molar-refractivity contribution >= 4 is 25.2 Å². The summed E-state index contributed by atoms with van der Waals surface area (Å²) in [7, 11) is 0.127. The molecular weight excluding hydrogens is 325 g/mol. The Hall–Kier alpha value is -1.66. The van der Waals surface area contributed by atoms with Gasteiger partial charge in [-0.2, -0.15) is 0 Å². The molecule has 0 radical (unpaired) electrons. The number of hydrogen-bond acceptors (Lipinski definition) is 1. The van der Waals surface area contributed by atoms with E-state index in [9.17, 15) is 4.79 Å². The Kier molecular flexibility index (Phi) is 6.79. The monoisotopic (exact) mass is 355 g/mol. The molecule has 0 heterocycles. The fourth-order valence-electron chi connectivity index (χ4n) is 2.90. The maximum absolute atomic E-state index is 12.7. The molecule has 0 aliphatic heterocycles. The number of amides is 1. The third-order valence-electron chi connectivity index (χ3n) is 4.40. The van der Waals surface area contributed by atoms with Crippen LogP contribution in [0.3, 0.4) is 0 Å². The Morgan fingerprint density at radius 3 is 1.80 bits per heavy atom. The molecule has 0 saturated heterocycles. The summed E-state index contributed by atoms with van der Waals surface area (Å²) < 4.78 is 0. The van der Waals surface area contributed by atoms with Crippen molar-refractivity contribution in [2.24, 2.45) is 0 Å². The number of anilines is 1. The van der Waals surface area contributed by atoms with Crippen molar-refractivity contribution in [1.82, 2.24) is 0 Å². The average molecular weight is 355 g/mol. The zero-order valence-corrected chi connectivity index (χ0v) is 17.2. The summed E-state index contributed by atoms with van der Waals surface area (Å²) in [4.78, 5) is 12.7. The van der Waals surface area contributed by atoms with Gasteiger partial charge in [0.2, 0.25) is 5.65 Å². The van der Waals surface area contributed by atoms with Crippen LogP contribution in [0.25, 0.3) is 0 Å². The lowest BCUT2D eigenvalue weighted by Gasteiger charge is -2.22. The molecule has 0 aliphatic rings. The number of benzene rings is 2. The lowest BCUT2D eigenvalue weighted by Crippen LogP contribution is -2.19. The molecule has 2 nitrogen and oxygen atoms in total. The molecule has 0 bridgehead atoms. The van der Waals surface area contributed by atoms with Crippen molar-refractivity contribution in [1.29, 1.82) is 0 Å². The van der Waals surface area contributed by atoms with Crippen LogP contribution in [0.1, 0.15) is 76.0 Å². The van der Waals surface area contributed by atoms with Crippen molar-refractivity contribution in [2.75, 3.05) is 5.32 Å². The highest BCUT2D eigenvalue weighted by Crippen LogP contribution is 2.31. The van der Waals surface area contributed by atoms with E-state index in [2.05, 4.69) is 59.0 Å². The smallest absolute Gasteiger partial charge is 0.246 e. The zero-order chi connectivity index (χ0) is 18.6. The van der Waals surface area contributed by atoms with Crippen LogP contribution in [-0.2, 0) is 0 Å². The van der Waals surface area contributed by atoms with Crippen LogP contribution in [0.15, 0.2) is 42.5 Å². The van der Waals surface area contributed by atoms with Gasteiger partial charge in [0.05, 0.1) is 0 Å². The molecule has 2 aromatic carbocycles. The van der Waals surface area contributed by atoms with E-state index in [-0.39, 0.29) is 14.2 Å². The summed E-state index contributed by atoms with van der Waals surface area (Å²) in [5, 5.41) is 4.26. The molecule has 2 aromatic rings. The Labute approximate surface area is 154 Å². The third kappa shape index (κ3) is 5.16. The molecule has 1 unspecified atom stereocenters. The lowest BCUT2D eigenvalue weighted by molar-refractivity contribution is 0.269. The van der Waals surface area contributed by atoms with Crippen molar-refractivity contribution in [3.05, 3.63) is 59.2 Å². The van der Waals surface area contributed by atoms with Crippen LogP contribution in [0.5, 0.6) is 0 Å². The van der Waals surface area contributed by atoms with Crippen molar-refractivity contribution in [3.8, 4) is 0 Å². The standard InChI is InChI=1S/C22H30NOP/c1-14(2)17-12-19(15(3)4)21(20(13-17)16(5)6)25-22(24)23-18-10-8-7-9-11-18/h7-16,25H,1-6H3,(H,23,24). The van der Waals surface area contributed by atoms with Gasteiger partial charge in [0.25, 0.3) is 0 Å². The van der Waals surface area contributed by atoms with Gasteiger partial charge in [-0.1, -0.05) is 71.9 Å². The second-order valence-electron chi connectivity index (χ2n) is 7.48. The Morgan fingerprint density at radius 2 is 1.36 bits per heavy atom. The molecule has 0 fully saturated rings. The van der Waals surface area contributed by atoms with Gasteiger partial charge in [0.1, 0.15) is 0 Å². The summed E-state index contributed by atoms with van der Waals surface area (Å²) in [6, 6.07) is 14.3. The second kappa shape index (κ2) is 8.63. The minimum atomic E-state index is 0.0762. The van der Waals surface area contributed by atoms with Crippen LogP contribution in [0, 0.1) is 0 Å². The van der Waals surface area contributed by atoms with Crippen molar-refractivity contribution in [2.45, 2.75) is 59.3 Å². The Balaban J connectivity index is 2.39. The molecule has 1 atom stereocenters. The maximum Gasteiger partial charge on any atom is 0.246 e. The summed E-state index contributed by atoms with van der Waals surface area (Å²) in [5.74, 6) is 1.30. The van der Waals surface area contributed by atoms with Crippen LogP contribution in [-0.4, -0.2) is 5.65 Å². The zero-order valence-electron chi connectivity index (χ0n) is 16.2. The first kappa shape index (κ1) is 19.7. The molecule has 1 N–H and O–H groups in total. The van der Waals surface area contributed by atoms with E-state index in [1.165, 1.54) is 22.0 Å². The summed E-state index contributed by atoms with van der Waals surface area (Å²) in [6.45, 7) is 13.3. The van der Waals surface area contributed by atoms with E-state index in [4.69, 9.17) is 0 Å². The molecule has 2 rings (SSSR count). The van der Waals surface area contributed by atoms with Gasteiger partial charge < -0.3 is 5.32 Å². The van der Waals surface area contributed by atoms with Crippen molar-refractivity contribution < 1.29 is 4.79 Å². The molecule has 0 aliphatic carbocycles. The van der Waals surface area contributed by atoms with Gasteiger partial charge in [-0.3, -0.25) is 4.79 Å². The first-order valence-electron chi connectivity index (χ1n) is 9.10. The highest BCUT2D eigenvalue weighted by atomic mass is 31.1. The fraction of sp³-hybridized carbons (Fsp3) is 0.409. The predicted octanol–water partition coefficient (Wildman–Crippen LogP) is 6.59. The molecule has 25 heavy (non-hydrogen) atoms. The number of nitrogens with one attached hydrogen (secondary N) is 1.